The Labute approximate surface area is 135 Å². The van der Waals surface area contributed by atoms with E-state index in [0.29, 0.717) is 24.1 Å². The molecule has 6 heteroatoms. The monoisotopic (exact) mass is 320 g/mol. The molecule has 4 rings (SSSR count). The average molecular weight is 320 g/mol. The molecule has 1 saturated carbocycles. The van der Waals surface area contributed by atoms with E-state index in [9.17, 15) is 9.90 Å². The molecular formula is C17H24N2O4. The molecule has 6 nitrogen and oxygen atoms in total. The number of carbonyl (C=O) groups is 1. The first-order valence-electron chi connectivity index (χ1n) is 8.66. The number of carbonyl (C=O) groups excluding carboxylic acids is 1. The highest BCUT2D eigenvalue weighted by Crippen LogP contribution is 2.42. The number of aromatic nitrogens is 1. The van der Waals surface area contributed by atoms with Gasteiger partial charge in [-0.1, -0.05) is 0 Å². The molecule has 3 heterocycles. The van der Waals surface area contributed by atoms with E-state index in [-0.39, 0.29) is 24.0 Å². The van der Waals surface area contributed by atoms with Crippen LogP contribution in [-0.2, 0) is 4.74 Å². The second-order valence-corrected chi connectivity index (χ2v) is 7.26. The van der Waals surface area contributed by atoms with Crippen molar-refractivity contribution in [3.05, 3.63) is 17.8 Å². The highest BCUT2D eigenvalue weighted by molar-refractivity contribution is 5.91. The average Bonchev–Trinajstić information content (AvgIpc) is 3.32. The predicted octanol–water partition coefficient (Wildman–Crippen LogP) is 1.95. The summed E-state index contributed by atoms with van der Waals surface area (Å²) in [4.78, 5) is 19.0. The van der Waals surface area contributed by atoms with Crippen LogP contribution in [0.25, 0.3) is 0 Å². The molecule has 0 radical (unpaired) electrons. The van der Waals surface area contributed by atoms with Gasteiger partial charge in [0.1, 0.15) is 0 Å². The Bertz CT molecular complexity index is 575. The van der Waals surface area contributed by atoms with Crippen molar-refractivity contribution in [2.75, 3.05) is 26.4 Å². The van der Waals surface area contributed by atoms with Gasteiger partial charge in [-0.25, -0.2) is 4.98 Å². The van der Waals surface area contributed by atoms with Gasteiger partial charge < -0.3 is 19.2 Å². The summed E-state index contributed by atoms with van der Waals surface area (Å²) in [5.74, 6) is 1.27. The number of aliphatic hydroxyl groups excluding tert-OH is 1. The van der Waals surface area contributed by atoms with E-state index in [4.69, 9.17) is 9.15 Å². The van der Waals surface area contributed by atoms with E-state index < -0.39 is 0 Å². The molecule has 126 valence electrons. The molecule has 23 heavy (non-hydrogen) atoms. The van der Waals surface area contributed by atoms with E-state index in [1.54, 1.807) is 6.20 Å². The third kappa shape index (κ3) is 2.90. The summed E-state index contributed by atoms with van der Waals surface area (Å²) in [6, 6.07) is -0.120. The summed E-state index contributed by atoms with van der Waals surface area (Å²) in [7, 11) is 0. The molecule has 1 aromatic rings. The fourth-order valence-corrected chi connectivity index (χ4v) is 3.89. The zero-order valence-electron chi connectivity index (χ0n) is 13.4. The fourth-order valence-electron chi connectivity index (χ4n) is 3.89. The van der Waals surface area contributed by atoms with Gasteiger partial charge in [0.25, 0.3) is 5.91 Å². The Hall–Kier alpha value is -1.40. The second-order valence-electron chi connectivity index (χ2n) is 7.26. The third-order valence-corrected chi connectivity index (χ3v) is 5.64. The predicted molar refractivity (Wildman–Crippen MR) is 82.1 cm³/mol. The molecule has 1 aromatic heterocycles. The first-order chi connectivity index (χ1) is 11.2. The number of rotatable bonds is 3. The molecule has 1 aliphatic carbocycles. The number of oxazole rings is 1. The van der Waals surface area contributed by atoms with Crippen molar-refractivity contribution in [3.8, 4) is 0 Å². The van der Waals surface area contributed by atoms with Gasteiger partial charge in [-0.15, -0.1) is 0 Å². The summed E-state index contributed by atoms with van der Waals surface area (Å²) in [5, 5.41) is 9.68. The van der Waals surface area contributed by atoms with Gasteiger partial charge in [0.2, 0.25) is 5.76 Å². The van der Waals surface area contributed by atoms with Crippen LogP contribution in [0.15, 0.2) is 10.6 Å². The van der Waals surface area contributed by atoms with Crippen molar-refractivity contribution in [2.24, 2.45) is 5.41 Å². The smallest absolute Gasteiger partial charge is 0.291 e. The van der Waals surface area contributed by atoms with Crippen molar-refractivity contribution in [2.45, 2.75) is 50.5 Å². The number of aliphatic hydroxyl groups is 1. The standard InChI is InChI=1S/C17H24N2O4/c20-10-13-3-4-17(5-7-22-8-6-17)11-19(13)16(21)14-9-18-15(23-14)12-1-2-12/h9,12-13,20H,1-8,10-11H2. The highest BCUT2D eigenvalue weighted by atomic mass is 16.5. The zero-order valence-corrected chi connectivity index (χ0v) is 13.4. The van der Waals surface area contributed by atoms with Crippen LogP contribution in [0.2, 0.25) is 0 Å². The number of ether oxygens (including phenoxy) is 1. The lowest BCUT2D eigenvalue weighted by Crippen LogP contribution is -2.54. The second kappa shape index (κ2) is 5.91. The van der Waals surface area contributed by atoms with Crippen LogP contribution in [-0.4, -0.2) is 53.3 Å². The van der Waals surface area contributed by atoms with E-state index >= 15 is 0 Å². The van der Waals surface area contributed by atoms with Crippen LogP contribution >= 0.6 is 0 Å². The van der Waals surface area contributed by atoms with Crippen molar-refractivity contribution < 1.29 is 19.1 Å². The molecule has 3 fully saturated rings. The van der Waals surface area contributed by atoms with E-state index in [0.717, 1.165) is 51.7 Å². The maximum atomic E-state index is 12.9. The molecule has 3 aliphatic rings. The number of piperidine rings is 1. The van der Waals surface area contributed by atoms with Crippen molar-refractivity contribution in [3.63, 3.8) is 0 Å². The number of nitrogens with zero attached hydrogens (tertiary/aromatic N) is 2. The Balaban J connectivity index is 1.53. The van der Waals surface area contributed by atoms with Gasteiger partial charge in [-0.3, -0.25) is 4.79 Å². The van der Waals surface area contributed by atoms with E-state index in [1.807, 2.05) is 4.90 Å². The summed E-state index contributed by atoms with van der Waals surface area (Å²) in [6.45, 7) is 2.21. The molecule has 2 saturated heterocycles. The molecule has 0 bridgehead atoms. The number of likely N-dealkylation sites (tertiary alicyclic amines) is 1. The largest absolute Gasteiger partial charge is 0.435 e. The lowest BCUT2D eigenvalue weighted by molar-refractivity contribution is -0.0443. The maximum absolute atomic E-state index is 12.9. The van der Waals surface area contributed by atoms with Gasteiger partial charge in [0.15, 0.2) is 5.89 Å². The lowest BCUT2D eigenvalue weighted by Gasteiger charge is -2.48. The van der Waals surface area contributed by atoms with Crippen LogP contribution in [0.3, 0.4) is 0 Å². The van der Waals surface area contributed by atoms with E-state index in [1.165, 1.54) is 0 Å². The van der Waals surface area contributed by atoms with Crippen LogP contribution in [0, 0.1) is 5.41 Å². The number of hydrogen-bond donors (Lipinski definition) is 1. The quantitative estimate of drug-likeness (QED) is 0.921. The molecule has 0 aromatic carbocycles. The lowest BCUT2D eigenvalue weighted by atomic mass is 9.72. The molecule has 2 aliphatic heterocycles. The minimum Gasteiger partial charge on any atom is -0.435 e. The SMILES string of the molecule is O=C(c1cnc(C2CC2)o1)N1CC2(CCOCC2)CCC1CO. The molecule has 1 spiro atoms. The van der Waals surface area contributed by atoms with Gasteiger partial charge in [-0.05, 0) is 43.9 Å². The maximum Gasteiger partial charge on any atom is 0.291 e. The van der Waals surface area contributed by atoms with Crippen LogP contribution < -0.4 is 0 Å². The van der Waals surface area contributed by atoms with Gasteiger partial charge in [0, 0.05) is 25.7 Å². The first-order valence-corrected chi connectivity index (χ1v) is 8.66. The Kier molecular flexibility index (Phi) is 3.89. The first kappa shape index (κ1) is 15.1. The van der Waals surface area contributed by atoms with Crippen molar-refractivity contribution >= 4 is 5.91 Å². The minimum absolute atomic E-state index is 0.00192. The molecule has 1 amide bonds. The summed E-state index contributed by atoms with van der Waals surface area (Å²) >= 11 is 0. The normalized spacial score (nSPS) is 27.3. The molecule has 1 N–H and O–H groups in total. The van der Waals surface area contributed by atoms with Crippen molar-refractivity contribution in [1.29, 1.82) is 0 Å². The van der Waals surface area contributed by atoms with E-state index in [2.05, 4.69) is 4.98 Å². The van der Waals surface area contributed by atoms with Crippen LogP contribution in [0.1, 0.15) is 60.9 Å². The molecule has 1 unspecified atom stereocenters. The van der Waals surface area contributed by atoms with Crippen LogP contribution in [0.5, 0.6) is 0 Å². The fraction of sp³-hybridized carbons (Fsp3) is 0.765. The summed E-state index contributed by atoms with van der Waals surface area (Å²) in [6.07, 6.45) is 7.61. The topological polar surface area (TPSA) is 75.8 Å². The Morgan fingerprint density at radius 1 is 1.30 bits per heavy atom. The van der Waals surface area contributed by atoms with Gasteiger partial charge in [-0.2, -0.15) is 0 Å². The Morgan fingerprint density at radius 2 is 2.09 bits per heavy atom. The zero-order chi connectivity index (χ0) is 15.9. The summed E-state index contributed by atoms with van der Waals surface area (Å²) in [5.41, 5.74) is 0.138. The van der Waals surface area contributed by atoms with Gasteiger partial charge in [0.05, 0.1) is 18.8 Å². The Morgan fingerprint density at radius 3 is 2.78 bits per heavy atom. The summed E-state index contributed by atoms with van der Waals surface area (Å²) < 4.78 is 11.2. The highest BCUT2D eigenvalue weighted by Gasteiger charge is 2.43. The molecular weight excluding hydrogens is 296 g/mol. The minimum atomic E-state index is -0.131. The molecule has 1 atom stereocenters. The van der Waals surface area contributed by atoms with Crippen molar-refractivity contribution in [1.82, 2.24) is 9.88 Å². The number of hydrogen-bond acceptors (Lipinski definition) is 5. The van der Waals surface area contributed by atoms with Crippen LogP contribution in [0.4, 0.5) is 0 Å². The third-order valence-electron chi connectivity index (χ3n) is 5.64. The van der Waals surface area contributed by atoms with Gasteiger partial charge >= 0.3 is 0 Å². The number of amides is 1.